The molecular weight excluding hydrogens is 340 g/mol. The first-order valence-corrected chi connectivity index (χ1v) is 9.30. The lowest BCUT2D eigenvalue weighted by Crippen LogP contribution is -2.42. The van der Waals surface area contributed by atoms with Crippen LogP contribution >= 0.6 is 0 Å². The van der Waals surface area contributed by atoms with Crippen molar-refractivity contribution >= 4 is 16.9 Å². The van der Waals surface area contributed by atoms with Gasteiger partial charge in [-0.15, -0.1) is 0 Å². The number of rotatable bonds is 3. The number of fused-ring (bicyclic) bond motifs is 1. The quantitative estimate of drug-likeness (QED) is 0.699. The van der Waals surface area contributed by atoms with Crippen molar-refractivity contribution in [2.75, 3.05) is 0 Å². The fourth-order valence-corrected chi connectivity index (χ4v) is 3.72. The molecule has 1 heterocycles. The zero-order valence-corrected chi connectivity index (χ0v) is 15.0. The van der Waals surface area contributed by atoms with Crippen molar-refractivity contribution in [3.63, 3.8) is 0 Å². The van der Waals surface area contributed by atoms with E-state index in [1.807, 2.05) is 24.3 Å². The highest BCUT2D eigenvalue weighted by molar-refractivity contribution is 5.96. The normalized spacial score (nSPS) is 19.7. The van der Waals surface area contributed by atoms with Crippen LogP contribution in [-0.4, -0.2) is 18.0 Å². The van der Waals surface area contributed by atoms with E-state index in [0.717, 1.165) is 31.1 Å². The van der Waals surface area contributed by atoms with Gasteiger partial charge < -0.3 is 15.5 Å². The van der Waals surface area contributed by atoms with E-state index in [-0.39, 0.29) is 18.0 Å². The number of nitrogens with one attached hydrogen (secondary N) is 1. The van der Waals surface area contributed by atoms with Crippen molar-refractivity contribution in [1.29, 1.82) is 0 Å². The van der Waals surface area contributed by atoms with Gasteiger partial charge in [0.15, 0.2) is 0 Å². The topological polar surface area (TPSA) is 85.3 Å². The summed E-state index contributed by atoms with van der Waals surface area (Å²) in [6.07, 6.45) is 3.80. The first-order valence-electron chi connectivity index (χ1n) is 9.30. The van der Waals surface area contributed by atoms with Gasteiger partial charge in [-0.2, -0.15) is 0 Å². The molecule has 1 aromatic heterocycles. The molecule has 0 bridgehead atoms. The molecule has 138 valence electrons. The number of carbonyl (C=O) groups excluding carboxylic acids is 1. The lowest BCUT2D eigenvalue weighted by atomic mass is 9.91. The predicted molar refractivity (Wildman–Crippen MR) is 106 cm³/mol. The Morgan fingerprint density at radius 3 is 2.78 bits per heavy atom. The molecule has 5 heteroatoms. The lowest BCUT2D eigenvalue weighted by molar-refractivity contribution is 0.0925. The molecule has 1 aliphatic rings. The third-order valence-electron chi connectivity index (χ3n) is 5.13. The van der Waals surface area contributed by atoms with Gasteiger partial charge in [0.2, 0.25) is 0 Å². The minimum Gasteiger partial charge on any atom is -0.422 e. The van der Waals surface area contributed by atoms with Crippen LogP contribution < -0.4 is 16.7 Å². The highest BCUT2D eigenvalue weighted by Gasteiger charge is 2.21. The van der Waals surface area contributed by atoms with Gasteiger partial charge >= 0.3 is 5.63 Å². The summed E-state index contributed by atoms with van der Waals surface area (Å²) >= 11 is 0. The van der Waals surface area contributed by atoms with Crippen LogP contribution in [0.2, 0.25) is 0 Å². The monoisotopic (exact) mass is 362 g/mol. The number of amides is 1. The number of carbonyl (C=O) groups is 1. The van der Waals surface area contributed by atoms with E-state index >= 15 is 0 Å². The fourth-order valence-electron chi connectivity index (χ4n) is 3.72. The van der Waals surface area contributed by atoms with Crippen LogP contribution in [0.1, 0.15) is 36.0 Å². The molecule has 0 spiro atoms. The second kappa shape index (κ2) is 7.37. The average Bonchev–Trinajstić information content (AvgIpc) is 2.67. The maximum Gasteiger partial charge on any atom is 0.344 e. The molecule has 1 amide bonds. The average molecular weight is 362 g/mol. The zero-order chi connectivity index (χ0) is 18.8. The van der Waals surface area contributed by atoms with E-state index in [0.29, 0.717) is 22.3 Å². The van der Waals surface area contributed by atoms with Gasteiger partial charge in [-0.1, -0.05) is 30.3 Å². The minimum absolute atomic E-state index is 0.107. The van der Waals surface area contributed by atoms with Crippen molar-refractivity contribution in [3.8, 4) is 11.1 Å². The van der Waals surface area contributed by atoms with Crippen LogP contribution in [0.4, 0.5) is 0 Å². The molecule has 5 nitrogen and oxygen atoms in total. The standard InChI is InChI=1S/C22H22N2O3/c23-17-8-4-9-18(13-17)24-21(25)16-7-3-6-14(11-16)19-12-15-5-1-2-10-20(15)27-22(19)26/h1-3,5-7,10-12,17-18H,4,8-9,13,23H2,(H,24,25)/t17-,18-/m1/s1. The Morgan fingerprint density at radius 1 is 1.07 bits per heavy atom. The molecule has 3 aromatic rings. The van der Waals surface area contributed by atoms with E-state index in [2.05, 4.69) is 5.32 Å². The molecule has 0 saturated heterocycles. The minimum atomic E-state index is -0.412. The van der Waals surface area contributed by atoms with Crippen molar-refractivity contribution in [3.05, 3.63) is 70.6 Å². The Hall–Kier alpha value is -2.92. The summed E-state index contributed by atoms with van der Waals surface area (Å²) in [5.41, 5.74) is 7.79. The first-order chi connectivity index (χ1) is 13.1. The molecule has 27 heavy (non-hydrogen) atoms. The second-order valence-corrected chi connectivity index (χ2v) is 7.16. The molecule has 2 aromatic carbocycles. The van der Waals surface area contributed by atoms with Crippen LogP contribution in [0.25, 0.3) is 22.1 Å². The maximum absolute atomic E-state index is 12.6. The van der Waals surface area contributed by atoms with Gasteiger partial charge in [0.05, 0.1) is 5.56 Å². The molecular formula is C22H22N2O3. The number of para-hydroxylation sites is 1. The van der Waals surface area contributed by atoms with Gasteiger partial charge in [-0.25, -0.2) is 4.79 Å². The largest absolute Gasteiger partial charge is 0.422 e. The van der Waals surface area contributed by atoms with E-state index in [1.165, 1.54) is 0 Å². The molecule has 1 saturated carbocycles. The van der Waals surface area contributed by atoms with Crippen LogP contribution in [0, 0.1) is 0 Å². The third kappa shape index (κ3) is 3.78. The Labute approximate surface area is 157 Å². The molecule has 4 rings (SSSR count). The highest BCUT2D eigenvalue weighted by Crippen LogP contribution is 2.22. The molecule has 3 N–H and O–H groups in total. The van der Waals surface area contributed by atoms with Crippen molar-refractivity contribution < 1.29 is 9.21 Å². The molecule has 0 aliphatic heterocycles. The van der Waals surface area contributed by atoms with Gasteiger partial charge in [0.25, 0.3) is 5.91 Å². The Kier molecular flexibility index (Phi) is 4.77. The van der Waals surface area contributed by atoms with E-state index in [4.69, 9.17) is 10.2 Å². The highest BCUT2D eigenvalue weighted by atomic mass is 16.4. The van der Waals surface area contributed by atoms with Gasteiger partial charge in [-0.3, -0.25) is 4.79 Å². The molecule has 0 radical (unpaired) electrons. The number of hydrogen-bond acceptors (Lipinski definition) is 4. The second-order valence-electron chi connectivity index (χ2n) is 7.16. The summed E-state index contributed by atoms with van der Waals surface area (Å²) in [5, 5.41) is 3.91. The van der Waals surface area contributed by atoms with Crippen LogP contribution in [0.15, 0.2) is 63.8 Å². The zero-order valence-electron chi connectivity index (χ0n) is 15.0. The van der Waals surface area contributed by atoms with E-state index < -0.39 is 5.63 Å². The summed E-state index contributed by atoms with van der Waals surface area (Å²) in [6.45, 7) is 0. The summed E-state index contributed by atoms with van der Waals surface area (Å²) in [7, 11) is 0. The predicted octanol–water partition coefficient (Wildman–Crippen LogP) is 3.46. The molecule has 1 aliphatic carbocycles. The summed E-state index contributed by atoms with van der Waals surface area (Å²) in [6, 6.07) is 16.5. The van der Waals surface area contributed by atoms with Crippen LogP contribution in [0.5, 0.6) is 0 Å². The van der Waals surface area contributed by atoms with Crippen molar-refractivity contribution in [2.45, 2.75) is 37.8 Å². The summed E-state index contributed by atoms with van der Waals surface area (Å²) in [5.74, 6) is -0.138. The van der Waals surface area contributed by atoms with Gasteiger partial charge in [-0.05, 0) is 55.5 Å². The van der Waals surface area contributed by atoms with Crippen molar-refractivity contribution in [1.82, 2.24) is 5.32 Å². The number of benzene rings is 2. The van der Waals surface area contributed by atoms with E-state index in [9.17, 15) is 9.59 Å². The van der Waals surface area contributed by atoms with Crippen LogP contribution in [0.3, 0.4) is 0 Å². The Balaban J connectivity index is 1.62. The molecule has 1 fully saturated rings. The smallest absolute Gasteiger partial charge is 0.344 e. The Morgan fingerprint density at radius 2 is 1.93 bits per heavy atom. The fraction of sp³-hybridized carbons (Fsp3) is 0.273. The molecule has 0 unspecified atom stereocenters. The third-order valence-corrected chi connectivity index (χ3v) is 5.13. The molecule has 2 atom stereocenters. The lowest BCUT2D eigenvalue weighted by Gasteiger charge is -2.27. The number of nitrogens with two attached hydrogens (primary N) is 1. The number of hydrogen-bond donors (Lipinski definition) is 2. The van der Waals surface area contributed by atoms with Gasteiger partial charge in [0.1, 0.15) is 5.58 Å². The maximum atomic E-state index is 12.6. The summed E-state index contributed by atoms with van der Waals surface area (Å²) in [4.78, 5) is 25.0. The SMILES string of the molecule is N[C@@H]1CCC[C@@H](NC(=O)c2cccc(-c3cc4ccccc4oc3=O)c2)C1. The summed E-state index contributed by atoms with van der Waals surface area (Å²) < 4.78 is 5.41. The van der Waals surface area contributed by atoms with Gasteiger partial charge in [0, 0.05) is 23.0 Å². The first kappa shape index (κ1) is 17.5. The van der Waals surface area contributed by atoms with Crippen LogP contribution in [-0.2, 0) is 0 Å². The Bertz CT molecular complexity index is 1040. The van der Waals surface area contributed by atoms with E-state index in [1.54, 1.807) is 30.3 Å². The van der Waals surface area contributed by atoms with Crippen molar-refractivity contribution in [2.24, 2.45) is 5.73 Å².